The standard InChI is InChI=1S/C7H10N2S2.ClH/c1-4-5(7(9)10)3-11-6(4)2-8;/h3H,2,8H2,1H3,(H2,9,10);1H. The van der Waals surface area contributed by atoms with Crippen LogP contribution in [0.2, 0.25) is 0 Å². The van der Waals surface area contributed by atoms with Gasteiger partial charge in [-0.1, -0.05) is 12.2 Å². The first-order valence-electron chi connectivity index (χ1n) is 3.23. The molecule has 0 saturated carbocycles. The van der Waals surface area contributed by atoms with Gasteiger partial charge in [-0.2, -0.15) is 0 Å². The number of thiocarbonyl (C=S) groups is 1. The molecule has 0 aromatic carbocycles. The summed E-state index contributed by atoms with van der Waals surface area (Å²) < 4.78 is 0. The summed E-state index contributed by atoms with van der Waals surface area (Å²) in [5.41, 5.74) is 13.1. The molecule has 0 aliphatic carbocycles. The van der Waals surface area contributed by atoms with Crippen molar-refractivity contribution in [3.05, 3.63) is 21.4 Å². The summed E-state index contributed by atoms with van der Waals surface area (Å²) in [5.74, 6) is 0. The molecule has 0 unspecified atom stereocenters. The van der Waals surface area contributed by atoms with Crippen LogP contribution >= 0.6 is 36.0 Å². The summed E-state index contributed by atoms with van der Waals surface area (Å²) in [6, 6.07) is 0. The fraction of sp³-hybridized carbons (Fsp3) is 0.286. The van der Waals surface area contributed by atoms with Crippen molar-refractivity contribution in [1.82, 2.24) is 0 Å². The molecule has 0 aliphatic rings. The smallest absolute Gasteiger partial charge is 0.105 e. The molecule has 0 spiro atoms. The van der Waals surface area contributed by atoms with Crippen molar-refractivity contribution in [3.8, 4) is 0 Å². The molecule has 4 N–H and O–H groups in total. The number of halogens is 1. The van der Waals surface area contributed by atoms with Gasteiger partial charge in [0.15, 0.2) is 0 Å². The average molecular weight is 223 g/mol. The van der Waals surface area contributed by atoms with Crippen molar-refractivity contribution in [3.63, 3.8) is 0 Å². The molecular formula is C7H11ClN2S2. The van der Waals surface area contributed by atoms with E-state index in [4.69, 9.17) is 23.7 Å². The first-order valence-corrected chi connectivity index (χ1v) is 4.52. The van der Waals surface area contributed by atoms with Crippen molar-refractivity contribution in [2.24, 2.45) is 11.5 Å². The molecule has 0 fully saturated rings. The third kappa shape index (κ3) is 2.17. The van der Waals surface area contributed by atoms with Gasteiger partial charge in [0.2, 0.25) is 0 Å². The summed E-state index contributed by atoms with van der Waals surface area (Å²) in [5, 5.41) is 1.96. The number of rotatable bonds is 2. The molecule has 0 atom stereocenters. The summed E-state index contributed by atoms with van der Waals surface area (Å²) >= 11 is 6.47. The maximum absolute atomic E-state index is 5.49. The molecule has 0 bridgehead atoms. The summed E-state index contributed by atoms with van der Waals surface area (Å²) in [6.07, 6.45) is 0. The van der Waals surface area contributed by atoms with E-state index >= 15 is 0 Å². The number of hydrogen-bond acceptors (Lipinski definition) is 3. The minimum atomic E-state index is 0. The highest BCUT2D eigenvalue weighted by molar-refractivity contribution is 7.80. The van der Waals surface area contributed by atoms with Crippen LogP contribution in [-0.2, 0) is 6.54 Å². The average Bonchev–Trinajstić information content (AvgIpc) is 2.30. The molecule has 2 nitrogen and oxygen atoms in total. The van der Waals surface area contributed by atoms with Crippen LogP contribution in [0, 0.1) is 6.92 Å². The molecule has 0 radical (unpaired) electrons. The van der Waals surface area contributed by atoms with Gasteiger partial charge >= 0.3 is 0 Å². The van der Waals surface area contributed by atoms with Gasteiger partial charge in [-0.05, 0) is 12.5 Å². The van der Waals surface area contributed by atoms with Gasteiger partial charge in [0.1, 0.15) is 4.99 Å². The van der Waals surface area contributed by atoms with Gasteiger partial charge in [-0.25, -0.2) is 0 Å². The van der Waals surface area contributed by atoms with Crippen LogP contribution in [0.15, 0.2) is 5.38 Å². The number of hydrogen-bond donors (Lipinski definition) is 2. The monoisotopic (exact) mass is 222 g/mol. The maximum atomic E-state index is 5.49. The van der Waals surface area contributed by atoms with Crippen LogP contribution in [0.1, 0.15) is 16.0 Å². The lowest BCUT2D eigenvalue weighted by molar-refractivity contribution is 1.09. The summed E-state index contributed by atoms with van der Waals surface area (Å²) in [6.45, 7) is 2.56. The second-order valence-electron chi connectivity index (χ2n) is 2.27. The number of thiophene rings is 1. The van der Waals surface area contributed by atoms with Crippen molar-refractivity contribution in [1.29, 1.82) is 0 Å². The molecule has 0 saturated heterocycles. The van der Waals surface area contributed by atoms with Crippen LogP contribution in [-0.4, -0.2) is 4.99 Å². The Kier molecular flexibility index (Phi) is 4.70. The van der Waals surface area contributed by atoms with E-state index in [1.165, 1.54) is 0 Å². The zero-order valence-corrected chi connectivity index (χ0v) is 9.11. The first kappa shape index (κ1) is 11.8. The predicted octanol–water partition coefficient (Wildman–Crippen LogP) is 1.57. The molecule has 0 aliphatic heterocycles. The van der Waals surface area contributed by atoms with Crippen LogP contribution in [0.25, 0.3) is 0 Å². The van der Waals surface area contributed by atoms with Gasteiger partial charge in [-0.3, -0.25) is 0 Å². The second-order valence-corrected chi connectivity index (χ2v) is 3.67. The largest absolute Gasteiger partial charge is 0.389 e. The number of nitrogens with two attached hydrogens (primary N) is 2. The highest BCUT2D eigenvalue weighted by Gasteiger charge is 2.06. The quantitative estimate of drug-likeness (QED) is 0.747. The Labute approximate surface area is 87.4 Å². The molecule has 1 aromatic rings. The normalized spacial score (nSPS) is 9.17. The van der Waals surface area contributed by atoms with Gasteiger partial charge in [0.05, 0.1) is 0 Å². The van der Waals surface area contributed by atoms with Crippen molar-refractivity contribution in [2.75, 3.05) is 0 Å². The Morgan fingerprint density at radius 2 is 2.25 bits per heavy atom. The van der Waals surface area contributed by atoms with E-state index in [1.54, 1.807) is 11.3 Å². The Bertz CT molecular complexity index is 283. The van der Waals surface area contributed by atoms with E-state index in [0.717, 1.165) is 16.0 Å². The van der Waals surface area contributed by atoms with Gasteiger partial charge < -0.3 is 11.5 Å². The Hall–Kier alpha value is -0.160. The van der Waals surface area contributed by atoms with Crippen LogP contribution < -0.4 is 11.5 Å². The SMILES string of the molecule is Cc1c(C(N)=S)csc1CN.Cl. The maximum Gasteiger partial charge on any atom is 0.105 e. The molecule has 1 aromatic heterocycles. The van der Waals surface area contributed by atoms with Crippen LogP contribution in [0.3, 0.4) is 0 Å². The minimum absolute atomic E-state index is 0. The lowest BCUT2D eigenvalue weighted by Crippen LogP contribution is -2.10. The van der Waals surface area contributed by atoms with Crippen LogP contribution in [0.4, 0.5) is 0 Å². The third-order valence-corrected chi connectivity index (χ3v) is 2.92. The van der Waals surface area contributed by atoms with Crippen molar-refractivity contribution >= 4 is 41.0 Å². The van der Waals surface area contributed by atoms with Crippen molar-refractivity contribution < 1.29 is 0 Å². The lowest BCUT2D eigenvalue weighted by Gasteiger charge is -1.96. The highest BCUT2D eigenvalue weighted by Crippen LogP contribution is 2.20. The third-order valence-electron chi connectivity index (χ3n) is 1.59. The van der Waals surface area contributed by atoms with E-state index < -0.39 is 0 Å². The Balaban J connectivity index is 0.00000121. The van der Waals surface area contributed by atoms with E-state index in [0.29, 0.717) is 11.5 Å². The fourth-order valence-corrected chi connectivity index (χ4v) is 2.13. The zero-order chi connectivity index (χ0) is 8.43. The topological polar surface area (TPSA) is 52.0 Å². The van der Waals surface area contributed by atoms with Crippen LogP contribution in [0.5, 0.6) is 0 Å². The fourth-order valence-electron chi connectivity index (χ4n) is 0.901. The second kappa shape index (κ2) is 4.77. The molecule has 68 valence electrons. The molecule has 1 heterocycles. The van der Waals surface area contributed by atoms with Gasteiger partial charge in [0.25, 0.3) is 0 Å². The van der Waals surface area contributed by atoms with E-state index in [-0.39, 0.29) is 12.4 Å². The molecule has 5 heteroatoms. The predicted molar refractivity (Wildman–Crippen MR) is 60.1 cm³/mol. The van der Waals surface area contributed by atoms with E-state index in [9.17, 15) is 0 Å². The zero-order valence-electron chi connectivity index (χ0n) is 6.66. The molecular weight excluding hydrogens is 212 g/mol. The lowest BCUT2D eigenvalue weighted by atomic mass is 10.2. The first-order chi connectivity index (χ1) is 5.16. The summed E-state index contributed by atoms with van der Waals surface area (Å²) in [4.78, 5) is 1.62. The van der Waals surface area contributed by atoms with E-state index in [2.05, 4.69) is 0 Å². The summed E-state index contributed by atoms with van der Waals surface area (Å²) in [7, 11) is 0. The minimum Gasteiger partial charge on any atom is -0.389 e. The molecule has 1 rings (SSSR count). The van der Waals surface area contributed by atoms with Gasteiger partial charge in [0, 0.05) is 22.4 Å². The van der Waals surface area contributed by atoms with E-state index in [1.807, 2.05) is 12.3 Å². The Morgan fingerprint density at radius 3 is 2.50 bits per heavy atom. The molecule has 12 heavy (non-hydrogen) atoms. The Morgan fingerprint density at radius 1 is 1.67 bits per heavy atom. The highest BCUT2D eigenvalue weighted by atomic mass is 35.5. The van der Waals surface area contributed by atoms with Gasteiger partial charge in [-0.15, -0.1) is 23.7 Å². The molecule has 0 amide bonds. The van der Waals surface area contributed by atoms with Crippen molar-refractivity contribution in [2.45, 2.75) is 13.5 Å².